The zero-order chi connectivity index (χ0) is 12.8. The molecule has 1 fully saturated rings. The maximum atomic E-state index is 5.52. The predicted octanol–water partition coefficient (Wildman–Crippen LogP) is 0.277. The Balaban J connectivity index is 1.67. The highest BCUT2D eigenvalue weighted by molar-refractivity contribution is 4.98. The van der Waals surface area contributed by atoms with Crippen LogP contribution in [0.3, 0.4) is 0 Å². The van der Waals surface area contributed by atoms with E-state index in [-0.39, 0.29) is 0 Å². The van der Waals surface area contributed by atoms with E-state index >= 15 is 0 Å². The molecule has 5 nitrogen and oxygen atoms in total. The lowest BCUT2D eigenvalue weighted by Gasteiger charge is -2.34. The molecule has 1 saturated heterocycles. The number of unbranched alkanes of at least 4 members (excludes halogenated alkanes) is 1. The van der Waals surface area contributed by atoms with Crippen LogP contribution in [0.2, 0.25) is 0 Å². The maximum absolute atomic E-state index is 5.52. The van der Waals surface area contributed by atoms with Gasteiger partial charge in [-0.3, -0.25) is 9.58 Å². The number of aryl methyl sites for hydroxylation is 1. The molecule has 0 spiro atoms. The third-order valence-electron chi connectivity index (χ3n) is 3.55. The summed E-state index contributed by atoms with van der Waals surface area (Å²) in [6.07, 6.45) is 4.39. The molecule has 0 amide bonds. The second-order valence-electron chi connectivity index (χ2n) is 5.09. The largest absolute Gasteiger partial charge is 0.330 e. The molecule has 0 aliphatic carbocycles. The summed E-state index contributed by atoms with van der Waals surface area (Å²) in [5, 5.41) is 4.43. The van der Waals surface area contributed by atoms with Gasteiger partial charge in [0.2, 0.25) is 0 Å². The van der Waals surface area contributed by atoms with Crippen LogP contribution in [-0.4, -0.2) is 58.8 Å². The van der Waals surface area contributed by atoms with Crippen molar-refractivity contribution in [3.05, 3.63) is 18.0 Å². The van der Waals surface area contributed by atoms with Crippen molar-refractivity contribution in [2.24, 2.45) is 12.8 Å². The quantitative estimate of drug-likeness (QED) is 0.738. The summed E-state index contributed by atoms with van der Waals surface area (Å²) >= 11 is 0. The van der Waals surface area contributed by atoms with Crippen molar-refractivity contribution in [2.75, 3.05) is 39.3 Å². The number of rotatable bonds is 6. The van der Waals surface area contributed by atoms with Crippen molar-refractivity contribution in [1.29, 1.82) is 0 Å². The van der Waals surface area contributed by atoms with Crippen molar-refractivity contribution in [3.63, 3.8) is 0 Å². The van der Waals surface area contributed by atoms with Gasteiger partial charge in [-0.25, -0.2) is 0 Å². The van der Waals surface area contributed by atoms with Crippen LogP contribution in [0.5, 0.6) is 0 Å². The fourth-order valence-corrected chi connectivity index (χ4v) is 2.43. The van der Waals surface area contributed by atoms with Crippen LogP contribution in [0, 0.1) is 0 Å². The first-order valence-electron chi connectivity index (χ1n) is 6.91. The summed E-state index contributed by atoms with van der Waals surface area (Å²) in [4.78, 5) is 5.03. The third kappa shape index (κ3) is 4.08. The molecule has 0 radical (unpaired) electrons. The highest BCUT2D eigenvalue weighted by Crippen LogP contribution is 2.07. The van der Waals surface area contributed by atoms with Crippen LogP contribution < -0.4 is 5.73 Å². The SMILES string of the molecule is Cn1ccc(CN2CCN(CCCCN)CC2)n1. The lowest BCUT2D eigenvalue weighted by Crippen LogP contribution is -2.46. The summed E-state index contributed by atoms with van der Waals surface area (Å²) < 4.78 is 1.87. The second-order valence-corrected chi connectivity index (χ2v) is 5.09. The second kappa shape index (κ2) is 6.87. The molecule has 1 aliphatic heterocycles. The average Bonchev–Trinajstić information content (AvgIpc) is 2.77. The van der Waals surface area contributed by atoms with Gasteiger partial charge in [0.05, 0.1) is 5.69 Å². The molecule has 2 rings (SSSR count). The molecule has 1 aromatic heterocycles. The number of piperazine rings is 1. The van der Waals surface area contributed by atoms with Crippen molar-refractivity contribution < 1.29 is 0 Å². The highest BCUT2D eigenvalue weighted by atomic mass is 15.3. The Morgan fingerprint density at radius 3 is 2.50 bits per heavy atom. The van der Waals surface area contributed by atoms with Crippen molar-refractivity contribution in [3.8, 4) is 0 Å². The van der Waals surface area contributed by atoms with Crippen molar-refractivity contribution in [1.82, 2.24) is 19.6 Å². The molecule has 2 heterocycles. The molecule has 1 aromatic rings. The number of aromatic nitrogens is 2. The number of hydrogen-bond donors (Lipinski definition) is 1. The van der Waals surface area contributed by atoms with Crippen molar-refractivity contribution >= 4 is 0 Å². The van der Waals surface area contributed by atoms with Gasteiger partial charge in [0.15, 0.2) is 0 Å². The van der Waals surface area contributed by atoms with Crippen LogP contribution in [0.4, 0.5) is 0 Å². The minimum absolute atomic E-state index is 0.819. The first-order chi connectivity index (χ1) is 8.78. The lowest BCUT2D eigenvalue weighted by atomic mass is 10.2. The Morgan fingerprint density at radius 1 is 1.17 bits per heavy atom. The predicted molar refractivity (Wildman–Crippen MR) is 73.2 cm³/mol. The third-order valence-corrected chi connectivity index (χ3v) is 3.55. The smallest absolute Gasteiger partial charge is 0.0764 e. The van der Waals surface area contributed by atoms with E-state index in [4.69, 9.17) is 5.73 Å². The minimum atomic E-state index is 0.819. The standard InChI is InChI=1S/C13H25N5/c1-16-7-4-13(15-16)12-18-10-8-17(9-11-18)6-3-2-5-14/h4,7H,2-3,5-6,8-12,14H2,1H3. The summed E-state index contributed by atoms with van der Waals surface area (Å²) in [6, 6.07) is 2.10. The summed E-state index contributed by atoms with van der Waals surface area (Å²) in [5.41, 5.74) is 6.69. The summed E-state index contributed by atoms with van der Waals surface area (Å²) in [6.45, 7) is 7.67. The average molecular weight is 251 g/mol. The van der Waals surface area contributed by atoms with Gasteiger partial charge < -0.3 is 10.6 Å². The fraction of sp³-hybridized carbons (Fsp3) is 0.769. The Labute approximate surface area is 110 Å². The Hall–Kier alpha value is -0.910. The van der Waals surface area contributed by atoms with Crippen LogP contribution in [-0.2, 0) is 13.6 Å². The normalized spacial score (nSPS) is 18.3. The van der Waals surface area contributed by atoms with Gasteiger partial charge in [-0.2, -0.15) is 5.10 Å². The van der Waals surface area contributed by atoms with E-state index in [0.29, 0.717) is 0 Å². The highest BCUT2D eigenvalue weighted by Gasteiger charge is 2.16. The van der Waals surface area contributed by atoms with Crippen LogP contribution >= 0.6 is 0 Å². The monoisotopic (exact) mass is 251 g/mol. The van der Waals surface area contributed by atoms with E-state index in [2.05, 4.69) is 21.0 Å². The zero-order valence-electron chi connectivity index (χ0n) is 11.4. The van der Waals surface area contributed by atoms with Gasteiger partial charge >= 0.3 is 0 Å². The number of nitrogens with zero attached hydrogens (tertiary/aromatic N) is 4. The Bertz CT molecular complexity index is 341. The molecule has 0 bridgehead atoms. The zero-order valence-corrected chi connectivity index (χ0v) is 11.4. The molecule has 102 valence electrons. The molecule has 1 aliphatic rings. The molecule has 0 unspecified atom stereocenters. The topological polar surface area (TPSA) is 50.3 Å². The van der Waals surface area contributed by atoms with Crippen molar-refractivity contribution in [2.45, 2.75) is 19.4 Å². The molecular weight excluding hydrogens is 226 g/mol. The Kier molecular flexibility index (Phi) is 5.16. The molecule has 2 N–H and O–H groups in total. The molecule has 5 heteroatoms. The molecule has 0 aromatic carbocycles. The van der Waals surface area contributed by atoms with Gasteiger partial charge in [-0.1, -0.05) is 0 Å². The molecule has 0 atom stereocenters. The van der Waals surface area contributed by atoms with Gasteiger partial charge in [0.25, 0.3) is 0 Å². The van der Waals surface area contributed by atoms with E-state index in [1.54, 1.807) is 0 Å². The van der Waals surface area contributed by atoms with Crippen LogP contribution in [0.15, 0.2) is 12.3 Å². The molecular formula is C13H25N5. The van der Waals surface area contributed by atoms with E-state index < -0.39 is 0 Å². The van der Waals surface area contributed by atoms with E-state index in [1.807, 2.05) is 17.9 Å². The Morgan fingerprint density at radius 2 is 1.89 bits per heavy atom. The summed E-state index contributed by atoms with van der Waals surface area (Å²) in [5.74, 6) is 0. The van der Waals surface area contributed by atoms with Crippen LogP contribution in [0.1, 0.15) is 18.5 Å². The first-order valence-corrected chi connectivity index (χ1v) is 6.91. The lowest BCUT2D eigenvalue weighted by molar-refractivity contribution is 0.124. The van der Waals surface area contributed by atoms with E-state index in [0.717, 1.165) is 32.6 Å². The maximum Gasteiger partial charge on any atom is 0.0764 e. The van der Waals surface area contributed by atoms with Gasteiger partial charge in [-0.05, 0) is 32.0 Å². The molecule has 0 saturated carbocycles. The van der Waals surface area contributed by atoms with Gasteiger partial charge in [0.1, 0.15) is 0 Å². The van der Waals surface area contributed by atoms with Gasteiger partial charge in [-0.15, -0.1) is 0 Å². The first kappa shape index (κ1) is 13.5. The van der Waals surface area contributed by atoms with Crippen LogP contribution in [0.25, 0.3) is 0 Å². The fourth-order valence-electron chi connectivity index (χ4n) is 2.43. The van der Waals surface area contributed by atoms with E-state index in [9.17, 15) is 0 Å². The van der Waals surface area contributed by atoms with Gasteiger partial charge in [0, 0.05) is 46.0 Å². The number of hydrogen-bond acceptors (Lipinski definition) is 4. The number of nitrogens with two attached hydrogens (primary N) is 1. The summed E-state index contributed by atoms with van der Waals surface area (Å²) in [7, 11) is 1.97. The minimum Gasteiger partial charge on any atom is -0.330 e. The van der Waals surface area contributed by atoms with E-state index in [1.165, 1.54) is 31.7 Å². The molecule has 18 heavy (non-hydrogen) atoms.